The average Bonchev–Trinajstić information content (AvgIpc) is 2.68. The zero-order valence-corrected chi connectivity index (χ0v) is 10.9. The molecule has 1 aromatic heterocycles. The lowest BCUT2D eigenvalue weighted by atomic mass is 10.2. The summed E-state index contributed by atoms with van der Waals surface area (Å²) < 4.78 is 1.57. The lowest BCUT2D eigenvalue weighted by Gasteiger charge is -2.13. The third-order valence-corrected chi connectivity index (χ3v) is 2.51. The molecule has 0 aliphatic heterocycles. The van der Waals surface area contributed by atoms with Crippen LogP contribution in [0, 0.1) is 0 Å². The molecule has 4 N–H and O–H groups in total. The summed E-state index contributed by atoms with van der Waals surface area (Å²) in [7, 11) is 1.73. The fourth-order valence-electron chi connectivity index (χ4n) is 1.60. The Hall–Kier alpha value is -2.09. The van der Waals surface area contributed by atoms with Gasteiger partial charge in [0.1, 0.15) is 6.04 Å². The Bertz CT molecular complexity index is 458. The first-order valence-electron chi connectivity index (χ1n) is 5.91. The first-order chi connectivity index (χ1) is 8.97. The van der Waals surface area contributed by atoms with Crippen molar-refractivity contribution in [2.75, 3.05) is 11.9 Å². The van der Waals surface area contributed by atoms with Crippen LogP contribution in [0.5, 0.6) is 0 Å². The number of carboxylic acid groups (broad SMARTS) is 1. The third kappa shape index (κ3) is 4.25. The summed E-state index contributed by atoms with van der Waals surface area (Å²) in [5.74, 6) is -1.19. The summed E-state index contributed by atoms with van der Waals surface area (Å²) in [6, 6.07) is -1.75. The molecule has 8 nitrogen and oxygen atoms in total. The van der Waals surface area contributed by atoms with Crippen LogP contribution in [-0.2, 0) is 18.3 Å². The smallest absolute Gasteiger partial charge is 0.326 e. The van der Waals surface area contributed by atoms with Crippen molar-refractivity contribution in [3.8, 4) is 0 Å². The van der Waals surface area contributed by atoms with E-state index in [0.717, 1.165) is 0 Å². The predicted octanol–water partition coefficient (Wildman–Crippen LogP) is -0.0604. The number of carbonyl (C=O) groups excluding carboxylic acids is 1. The second-order valence-corrected chi connectivity index (χ2v) is 4.02. The van der Waals surface area contributed by atoms with Crippen LogP contribution in [0.25, 0.3) is 0 Å². The summed E-state index contributed by atoms with van der Waals surface area (Å²) >= 11 is 0. The van der Waals surface area contributed by atoms with Gasteiger partial charge in [0.2, 0.25) is 0 Å². The number of aliphatic carboxylic acids is 1. The molecule has 0 radical (unpaired) electrons. The highest BCUT2D eigenvalue weighted by Crippen LogP contribution is 2.13. The van der Waals surface area contributed by atoms with Gasteiger partial charge in [-0.25, -0.2) is 9.59 Å². The standard InChI is InChI=1S/C11H18N4O4/c1-3-7-9(6-15(2)14-7)13-11(19)12-8(4-5-16)10(17)18/h6,8,16H,3-5H2,1-2H3,(H,17,18)(H2,12,13,19)/t8-/m1/s1. The number of amides is 2. The zero-order valence-electron chi connectivity index (χ0n) is 10.9. The molecule has 0 aliphatic carbocycles. The number of anilines is 1. The van der Waals surface area contributed by atoms with Crippen molar-refractivity contribution in [3.05, 3.63) is 11.9 Å². The van der Waals surface area contributed by atoms with Crippen LogP contribution in [0.1, 0.15) is 19.0 Å². The maximum Gasteiger partial charge on any atom is 0.326 e. The maximum atomic E-state index is 11.7. The molecule has 0 fully saturated rings. The van der Waals surface area contributed by atoms with E-state index in [2.05, 4.69) is 15.7 Å². The van der Waals surface area contributed by atoms with Crippen molar-refractivity contribution in [2.45, 2.75) is 25.8 Å². The van der Waals surface area contributed by atoms with Crippen LogP contribution in [0.15, 0.2) is 6.20 Å². The first kappa shape index (κ1) is 15.0. The van der Waals surface area contributed by atoms with Gasteiger partial charge in [-0.1, -0.05) is 6.92 Å². The molecule has 1 heterocycles. The Balaban J connectivity index is 2.65. The molecule has 0 saturated carbocycles. The highest BCUT2D eigenvalue weighted by Gasteiger charge is 2.20. The summed E-state index contributed by atoms with van der Waals surface area (Å²) in [5.41, 5.74) is 1.25. The number of rotatable bonds is 6. The van der Waals surface area contributed by atoms with Crippen molar-refractivity contribution in [3.63, 3.8) is 0 Å². The van der Waals surface area contributed by atoms with Crippen LogP contribution in [0.4, 0.5) is 10.5 Å². The molecule has 106 valence electrons. The Morgan fingerprint density at radius 2 is 2.21 bits per heavy atom. The van der Waals surface area contributed by atoms with Gasteiger partial charge in [0.15, 0.2) is 0 Å². The van der Waals surface area contributed by atoms with E-state index in [1.165, 1.54) is 0 Å². The molecule has 0 saturated heterocycles. The van der Waals surface area contributed by atoms with Gasteiger partial charge >= 0.3 is 12.0 Å². The van der Waals surface area contributed by atoms with Crippen molar-refractivity contribution >= 4 is 17.7 Å². The predicted molar refractivity (Wildman–Crippen MR) is 67.9 cm³/mol. The van der Waals surface area contributed by atoms with Crippen LogP contribution < -0.4 is 10.6 Å². The summed E-state index contributed by atoms with van der Waals surface area (Å²) in [5, 5.41) is 26.6. The molecule has 0 unspecified atom stereocenters. The molecule has 1 atom stereocenters. The van der Waals surface area contributed by atoms with Gasteiger partial charge in [-0.3, -0.25) is 4.68 Å². The molecular formula is C11H18N4O4. The fraction of sp³-hybridized carbons (Fsp3) is 0.545. The van der Waals surface area contributed by atoms with Gasteiger partial charge < -0.3 is 20.8 Å². The fourth-order valence-corrected chi connectivity index (χ4v) is 1.60. The quantitative estimate of drug-likeness (QED) is 0.578. The molecule has 2 amide bonds. The first-order valence-corrected chi connectivity index (χ1v) is 5.91. The van der Waals surface area contributed by atoms with Gasteiger partial charge in [-0.2, -0.15) is 5.10 Å². The molecule has 0 aliphatic rings. The van der Waals surface area contributed by atoms with E-state index in [-0.39, 0.29) is 13.0 Å². The second kappa shape index (κ2) is 6.74. The highest BCUT2D eigenvalue weighted by molar-refractivity contribution is 5.92. The minimum absolute atomic E-state index is 0.0452. The van der Waals surface area contributed by atoms with Crippen molar-refractivity contribution in [1.29, 1.82) is 0 Å². The summed E-state index contributed by atoms with van der Waals surface area (Å²) in [6.45, 7) is 1.58. The molecule has 0 spiro atoms. The number of carbonyl (C=O) groups is 2. The van der Waals surface area contributed by atoms with Crippen LogP contribution in [0.2, 0.25) is 0 Å². The number of aromatic nitrogens is 2. The van der Waals surface area contributed by atoms with Gasteiger partial charge in [-0.05, 0) is 6.42 Å². The minimum atomic E-state index is -1.19. The molecule has 0 bridgehead atoms. The monoisotopic (exact) mass is 270 g/mol. The Morgan fingerprint density at radius 3 is 2.74 bits per heavy atom. The number of aryl methyl sites for hydroxylation is 2. The van der Waals surface area contributed by atoms with Gasteiger partial charge in [0, 0.05) is 26.3 Å². The van der Waals surface area contributed by atoms with E-state index < -0.39 is 18.0 Å². The number of urea groups is 1. The number of aliphatic hydroxyl groups is 1. The number of carboxylic acids is 1. The second-order valence-electron chi connectivity index (χ2n) is 4.02. The van der Waals surface area contributed by atoms with E-state index >= 15 is 0 Å². The number of hydrogen-bond acceptors (Lipinski definition) is 4. The van der Waals surface area contributed by atoms with E-state index in [4.69, 9.17) is 10.2 Å². The summed E-state index contributed by atoms with van der Waals surface area (Å²) in [4.78, 5) is 22.5. The zero-order chi connectivity index (χ0) is 14.4. The maximum absolute atomic E-state index is 11.7. The van der Waals surface area contributed by atoms with Crippen molar-refractivity contribution in [1.82, 2.24) is 15.1 Å². The van der Waals surface area contributed by atoms with Gasteiger partial charge in [0.05, 0.1) is 11.4 Å². The Morgan fingerprint density at radius 1 is 1.53 bits per heavy atom. The van der Waals surface area contributed by atoms with E-state index in [1.54, 1.807) is 17.9 Å². The largest absolute Gasteiger partial charge is 0.480 e. The highest BCUT2D eigenvalue weighted by atomic mass is 16.4. The Labute approximate surface area is 110 Å². The van der Waals surface area contributed by atoms with Crippen LogP contribution >= 0.6 is 0 Å². The number of nitrogens with zero attached hydrogens (tertiary/aromatic N) is 2. The Kier molecular flexibility index (Phi) is 5.31. The average molecular weight is 270 g/mol. The molecular weight excluding hydrogens is 252 g/mol. The SMILES string of the molecule is CCc1nn(C)cc1NC(=O)N[C@H](CCO)C(=O)O. The van der Waals surface area contributed by atoms with Gasteiger partial charge in [0.25, 0.3) is 0 Å². The lowest BCUT2D eigenvalue weighted by molar-refractivity contribution is -0.139. The topological polar surface area (TPSA) is 116 Å². The third-order valence-electron chi connectivity index (χ3n) is 2.51. The van der Waals surface area contributed by atoms with Gasteiger partial charge in [-0.15, -0.1) is 0 Å². The molecule has 19 heavy (non-hydrogen) atoms. The molecule has 8 heteroatoms. The minimum Gasteiger partial charge on any atom is -0.480 e. The van der Waals surface area contributed by atoms with Crippen LogP contribution in [0.3, 0.4) is 0 Å². The van der Waals surface area contributed by atoms with Crippen molar-refractivity contribution in [2.24, 2.45) is 7.05 Å². The number of aliphatic hydroxyl groups excluding tert-OH is 1. The lowest BCUT2D eigenvalue weighted by Crippen LogP contribution is -2.43. The molecule has 1 aromatic rings. The number of hydrogen-bond donors (Lipinski definition) is 4. The van der Waals surface area contributed by atoms with Crippen molar-refractivity contribution < 1.29 is 19.8 Å². The van der Waals surface area contributed by atoms with E-state index in [0.29, 0.717) is 17.8 Å². The normalized spacial score (nSPS) is 11.9. The summed E-state index contributed by atoms with van der Waals surface area (Å²) in [6.07, 6.45) is 2.24. The van der Waals surface area contributed by atoms with E-state index in [9.17, 15) is 9.59 Å². The van der Waals surface area contributed by atoms with E-state index in [1.807, 2.05) is 6.92 Å². The van der Waals surface area contributed by atoms with Crippen LogP contribution in [-0.4, -0.2) is 44.6 Å². The molecule has 0 aromatic carbocycles. The number of nitrogens with one attached hydrogen (secondary N) is 2. The molecule has 1 rings (SSSR count).